The summed E-state index contributed by atoms with van der Waals surface area (Å²) in [6.07, 6.45) is 1.89. The first kappa shape index (κ1) is 25.2. The third-order valence-corrected chi connectivity index (χ3v) is 6.73. The molecule has 34 heavy (non-hydrogen) atoms. The monoisotopic (exact) mass is 477 g/mol. The summed E-state index contributed by atoms with van der Waals surface area (Å²) in [5.41, 5.74) is 6.38. The van der Waals surface area contributed by atoms with E-state index in [1.165, 1.54) is 16.1 Å². The lowest BCUT2D eigenvalue weighted by molar-refractivity contribution is 0.0954. The van der Waals surface area contributed by atoms with Crippen LogP contribution in [0, 0.1) is 0 Å². The van der Waals surface area contributed by atoms with E-state index >= 15 is 0 Å². The van der Waals surface area contributed by atoms with Gasteiger partial charge in [0.1, 0.15) is 0 Å². The number of nitrogens with zero attached hydrogens (tertiary/aromatic N) is 2. The normalized spacial score (nSPS) is 12.3. The van der Waals surface area contributed by atoms with Gasteiger partial charge >= 0.3 is 0 Å². The molecule has 1 amide bonds. The second-order valence-corrected chi connectivity index (χ2v) is 10.9. The molecule has 0 aliphatic rings. The highest BCUT2D eigenvalue weighted by Gasteiger charge is 2.21. The fourth-order valence-electron chi connectivity index (χ4n) is 3.80. The van der Waals surface area contributed by atoms with E-state index in [0.717, 1.165) is 11.3 Å². The van der Waals surface area contributed by atoms with E-state index in [2.05, 4.69) is 36.5 Å². The molecule has 0 unspecified atom stereocenters. The molecule has 178 valence electrons. The van der Waals surface area contributed by atoms with Crippen LogP contribution in [0.3, 0.4) is 0 Å². The van der Waals surface area contributed by atoms with Crippen molar-refractivity contribution < 1.29 is 13.2 Å². The average molecular weight is 478 g/mol. The predicted molar refractivity (Wildman–Crippen MR) is 139 cm³/mol. The fourth-order valence-corrected chi connectivity index (χ4v) is 4.69. The van der Waals surface area contributed by atoms with Crippen LogP contribution in [0.2, 0.25) is 0 Å². The third-order valence-electron chi connectivity index (χ3n) is 5.59. The minimum absolute atomic E-state index is 0.106. The summed E-state index contributed by atoms with van der Waals surface area (Å²) in [6.45, 7) is 6.38. The van der Waals surface area contributed by atoms with E-state index in [1.807, 2.05) is 31.2 Å². The van der Waals surface area contributed by atoms with E-state index in [1.54, 1.807) is 48.5 Å². The lowest BCUT2D eigenvalue weighted by Crippen LogP contribution is -2.29. The first-order valence-corrected chi connectivity index (χ1v) is 12.9. The summed E-state index contributed by atoms with van der Waals surface area (Å²) in [5, 5.41) is 4.28. The van der Waals surface area contributed by atoms with Gasteiger partial charge in [0.2, 0.25) is 10.0 Å². The minimum Gasteiger partial charge on any atom is -0.267 e. The standard InChI is InChI=1S/C27H31N3O3S/c1-21(19-27(2,3)24-11-7-5-8-12-24)28-29-26(31)23-17-15-22(16-18-23)20-30(34(4,32)33)25-13-9-6-10-14-25/h5-18H,19-20H2,1-4H3,(H,29,31)/b28-21-. The predicted octanol–water partition coefficient (Wildman–Crippen LogP) is 5.13. The lowest BCUT2D eigenvalue weighted by Gasteiger charge is -2.25. The number of para-hydroxylation sites is 1. The molecule has 0 heterocycles. The van der Waals surface area contributed by atoms with Gasteiger partial charge in [0, 0.05) is 11.3 Å². The number of carbonyl (C=O) groups excluding carboxylic acids is 1. The number of hydrogen-bond acceptors (Lipinski definition) is 4. The van der Waals surface area contributed by atoms with Crippen molar-refractivity contribution in [2.24, 2.45) is 5.10 Å². The van der Waals surface area contributed by atoms with Crippen molar-refractivity contribution in [1.29, 1.82) is 0 Å². The van der Waals surface area contributed by atoms with Crippen molar-refractivity contribution in [2.75, 3.05) is 10.6 Å². The van der Waals surface area contributed by atoms with Gasteiger partial charge in [-0.2, -0.15) is 5.10 Å². The minimum atomic E-state index is -3.46. The number of carbonyl (C=O) groups is 1. The highest BCUT2D eigenvalue weighted by molar-refractivity contribution is 7.92. The topological polar surface area (TPSA) is 78.8 Å². The van der Waals surface area contributed by atoms with E-state index in [-0.39, 0.29) is 17.9 Å². The molecule has 0 saturated carbocycles. The zero-order valence-electron chi connectivity index (χ0n) is 20.0. The van der Waals surface area contributed by atoms with E-state index < -0.39 is 10.0 Å². The summed E-state index contributed by atoms with van der Waals surface area (Å²) in [7, 11) is -3.46. The van der Waals surface area contributed by atoms with Crippen molar-refractivity contribution in [2.45, 2.75) is 39.2 Å². The molecule has 1 N–H and O–H groups in total. The smallest absolute Gasteiger partial charge is 0.267 e. The summed E-state index contributed by atoms with van der Waals surface area (Å²) in [5.74, 6) is -0.313. The Balaban J connectivity index is 1.64. The van der Waals surface area contributed by atoms with Gasteiger partial charge in [-0.15, -0.1) is 0 Å². The molecule has 0 fully saturated rings. The van der Waals surface area contributed by atoms with Gasteiger partial charge in [-0.1, -0.05) is 74.5 Å². The van der Waals surface area contributed by atoms with E-state index in [4.69, 9.17) is 0 Å². The maximum Gasteiger partial charge on any atom is 0.271 e. The Hall–Kier alpha value is -3.45. The Bertz CT molecular complexity index is 1240. The van der Waals surface area contributed by atoms with Crippen molar-refractivity contribution in [3.8, 4) is 0 Å². The maximum absolute atomic E-state index is 12.6. The van der Waals surface area contributed by atoms with Gasteiger partial charge in [0.25, 0.3) is 5.91 Å². The van der Waals surface area contributed by atoms with Crippen molar-refractivity contribution in [3.63, 3.8) is 0 Å². The Morgan fingerprint density at radius 1 is 0.912 bits per heavy atom. The summed E-state index contributed by atoms with van der Waals surface area (Å²) in [6, 6.07) is 26.0. The van der Waals surface area contributed by atoms with Gasteiger partial charge in [0.05, 0.1) is 18.5 Å². The molecule has 0 aliphatic carbocycles. The largest absolute Gasteiger partial charge is 0.271 e. The number of hydrazone groups is 1. The van der Waals surface area contributed by atoms with Crippen LogP contribution in [0.5, 0.6) is 0 Å². The average Bonchev–Trinajstić information content (AvgIpc) is 2.81. The summed E-state index contributed by atoms with van der Waals surface area (Å²) >= 11 is 0. The Kier molecular flexibility index (Phi) is 7.89. The fraction of sp³-hybridized carbons (Fsp3) is 0.259. The highest BCUT2D eigenvalue weighted by Crippen LogP contribution is 2.27. The number of sulfonamides is 1. The van der Waals surface area contributed by atoms with Crippen molar-refractivity contribution in [1.82, 2.24) is 5.43 Å². The number of nitrogens with one attached hydrogen (secondary N) is 1. The van der Waals surface area contributed by atoms with Crippen LogP contribution < -0.4 is 9.73 Å². The Morgan fingerprint density at radius 3 is 2.03 bits per heavy atom. The number of anilines is 1. The van der Waals surface area contributed by atoms with Crippen LogP contribution in [-0.4, -0.2) is 26.3 Å². The Morgan fingerprint density at radius 2 is 1.47 bits per heavy atom. The van der Waals surface area contributed by atoms with Crippen molar-refractivity contribution in [3.05, 3.63) is 102 Å². The number of amides is 1. The zero-order chi connectivity index (χ0) is 24.8. The van der Waals surface area contributed by atoms with Crippen molar-refractivity contribution >= 4 is 27.3 Å². The number of hydrogen-bond donors (Lipinski definition) is 1. The molecule has 0 aliphatic heterocycles. The van der Waals surface area contributed by atoms with Crippen LogP contribution in [0.15, 0.2) is 90.0 Å². The first-order valence-electron chi connectivity index (χ1n) is 11.1. The summed E-state index contributed by atoms with van der Waals surface area (Å²) in [4.78, 5) is 12.6. The third kappa shape index (κ3) is 6.78. The van der Waals surface area contributed by atoms with Gasteiger partial charge in [-0.25, -0.2) is 13.8 Å². The SMILES string of the molecule is C/C(CC(C)(C)c1ccccc1)=N/NC(=O)c1ccc(CN(c2ccccc2)S(C)(=O)=O)cc1. The molecule has 0 saturated heterocycles. The molecular weight excluding hydrogens is 446 g/mol. The molecule has 0 radical (unpaired) electrons. The molecule has 3 aromatic carbocycles. The number of benzene rings is 3. The molecule has 0 bridgehead atoms. The summed E-state index contributed by atoms with van der Waals surface area (Å²) < 4.78 is 25.9. The first-order chi connectivity index (χ1) is 16.1. The van der Waals surface area contributed by atoms with Gasteiger partial charge in [-0.05, 0) is 54.2 Å². The van der Waals surface area contributed by atoms with E-state index in [0.29, 0.717) is 17.7 Å². The van der Waals surface area contributed by atoms with Crippen LogP contribution in [0.1, 0.15) is 48.7 Å². The molecular formula is C27H31N3O3S. The van der Waals surface area contributed by atoms with Crippen LogP contribution in [0.4, 0.5) is 5.69 Å². The molecule has 0 spiro atoms. The molecule has 0 atom stereocenters. The Labute approximate surface area is 202 Å². The lowest BCUT2D eigenvalue weighted by atomic mass is 9.80. The molecule has 0 aromatic heterocycles. The maximum atomic E-state index is 12.6. The van der Waals surface area contributed by atoms with Crippen LogP contribution >= 0.6 is 0 Å². The second kappa shape index (κ2) is 10.7. The second-order valence-electron chi connectivity index (χ2n) is 9.02. The van der Waals surface area contributed by atoms with Gasteiger partial charge < -0.3 is 0 Å². The zero-order valence-corrected chi connectivity index (χ0v) is 20.8. The van der Waals surface area contributed by atoms with Crippen LogP contribution in [-0.2, 0) is 22.0 Å². The van der Waals surface area contributed by atoms with Gasteiger partial charge in [-0.3, -0.25) is 9.10 Å². The quantitative estimate of drug-likeness (QED) is 0.343. The number of rotatable bonds is 9. The molecule has 6 nitrogen and oxygen atoms in total. The van der Waals surface area contributed by atoms with E-state index in [9.17, 15) is 13.2 Å². The molecule has 7 heteroatoms. The highest BCUT2D eigenvalue weighted by atomic mass is 32.2. The van der Waals surface area contributed by atoms with Gasteiger partial charge in [0.15, 0.2) is 0 Å². The van der Waals surface area contributed by atoms with Crippen LogP contribution in [0.25, 0.3) is 0 Å². The molecule has 3 aromatic rings. The molecule has 3 rings (SSSR count).